The average molecular weight is 301 g/mol. The summed E-state index contributed by atoms with van der Waals surface area (Å²) in [5.41, 5.74) is 1.91. The zero-order chi connectivity index (χ0) is 14.6. The van der Waals surface area contributed by atoms with E-state index in [9.17, 15) is 9.90 Å². The van der Waals surface area contributed by atoms with E-state index in [0.717, 1.165) is 11.3 Å². The lowest BCUT2D eigenvalue weighted by atomic mass is 10.1. The second kappa shape index (κ2) is 4.16. The fourth-order valence-electron chi connectivity index (χ4n) is 2.53. The van der Waals surface area contributed by atoms with Gasteiger partial charge in [0.05, 0.1) is 23.9 Å². The normalized spacial score (nSPS) is 12.2. The number of aromatic nitrogens is 5. The first kappa shape index (κ1) is 12.1. The first-order chi connectivity index (χ1) is 10.1. The minimum absolute atomic E-state index is 0.0979. The number of hydrogen-bond acceptors (Lipinski definition) is 5. The van der Waals surface area contributed by atoms with E-state index in [1.165, 1.54) is 12.7 Å². The molecule has 4 rings (SSSR count). The van der Waals surface area contributed by atoms with E-state index >= 15 is 0 Å². The van der Waals surface area contributed by atoms with Crippen molar-refractivity contribution in [2.75, 3.05) is 0 Å². The summed E-state index contributed by atoms with van der Waals surface area (Å²) >= 11 is 6.06. The van der Waals surface area contributed by atoms with Crippen LogP contribution in [0.1, 0.15) is 16.2 Å². The van der Waals surface area contributed by atoms with Crippen LogP contribution in [0.5, 0.6) is 0 Å². The van der Waals surface area contributed by atoms with Crippen molar-refractivity contribution >= 4 is 17.6 Å². The van der Waals surface area contributed by atoms with Gasteiger partial charge in [-0.25, -0.2) is 14.6 Å². The molecule has 104 valence electrons. The molecule has 0 saturated carbocycles. The van der Waals surface area contributed by atoms with Crippen LogP contribution in [-0.4, -0.2) is 30.3 Å². The largest absolute Gasteiger partial charge is 0.543 e. The Bertz CT molecular complexity index is 883. The molecule has 1 aliphatic heterocycles. The van der Waals surface area contributed by atoms with Crippen molar-refractivity contribution < 1.29 is 9.90 Å². The number of imidazole rings is 1. The minimum Gasteiger partial charge on any atom is -0.543 e. The van der Waals surface area contributed by atoms with Gasteiger partial charge in [-0.15, -0.1) is 0 Å². The van der Waals surface area contributed by atoms with Crippen LogP contribution in [0, 0.1) is 0 Å². The minimum atomic E-state index is -1.32. The smallest absolute Gasteiger partial charge is 0.160 e. The van der Waals surface area contributed by atoms with Crippen LogP contribution in [0.2, 0.25) is 5.02 Å². The molecule has 0 N–H and O–H groups in total. The molecule has 0 unspecified atom stereocenters. The van der Waals surface area contributed by atoms with Crippen LogP contribution in [0.25, 0.3) is 17.1 Å². The molecule has 2 aromatic heterocycles. The van der Waals surface area contributed by atoms with E-state index < -0.39 is 5.97 Å². The predicted octanol–water partition coefficient (Wildman–Crippen LogP) is 0.509. The van der Waals surface area contributed by atoms with Gasteiger partial charge in [0.1, 0.15) is 18.3 Å². The zero-order valence-electron chi connectivity index (χ0n) is 10.5. The standard InChI is InChI=1S/C13H8ClN5O2/c14-7-1-2-9-8(3-7)12-15-5-17-19(12)4-10-11(13(20)21)16-6-18(9)10/h1-3,5-6H,4H2,(H,20,21)/p-1. The fraction of sp³-hybridized carbons (Fsp3) is 0.0769. The second-order valence-electron chi connectivity index (χ2n) is 4.60. The third-order valence-electron chi connectivity index (χ3n) is 3.43. The number of nitrogens with zero attached hydrogens (tertiary/aromatic N) is 5. The van der Waals surface area contributed by atoms with Crippen molar-refractivity contribution in [3.8, 4) is 17.1 Å². The summed E-state index contributed by atoms with van der Waals surface area (Å²) in [7, 11) is 0. The lowest BCUT2D eigenvalue weighted by Crippen LogP contribution is -2.25. The highest BCUT2D eigenvalue weighted by molar-refractivity contribution is 6.31. The maximum Gasteiger partial charge on any atom is 0.160 e. The third-order valence-corrected chi connectivity index (χ3v) is 3.67. The van der Waals surface area contributed by atoms with Crippen LogP contribution in [0.3, 0.4) is 0 Å². The van der Waals surface area contributed by atoms with Gasteiger partial charge >= 0.3 is 0 Å². The molecule has 0 spiro atoms. The van der Waals surface area contributed by atoms with E-state index in [4.69, 9.17) is 11.6 Å². The molecule has 7 nitrogen and oxygen atoms in total. The third kappa shape index (κ3) is 1.67. The Hall–Kier alpha value is -2.67. The van der Waals surface area contributed by atoms with E-state index in [0.29, 0.717) is 16.5 Å². The number of halogens is 1. The highest BCUT2D eigenvalue weighted by Gasteiger charge is 2.23. The van der Waals surface area contributed by atoms with Gasteiger partial charge in [0.25, 0.3) is 0 Å². The zero-order valence-corrected chi connectivity index (χ0v) is 11.3. The molecular formula is C13H7ClN5O2-. The highest BCUT2D eigenvalue weighted by atomic mass is 35.5. The van der Waals surface area contributed by atoms with E-state index in [1.54, 1.807) is 27.4 Å². The van der Waals surface area contributed by atoms with Gasteiger partial charge in [0, 0.05) is 10.6 Å². The van der Waals surface area contributed by atoms with Gasteiger partial charge in [0.2, 0.25) is 0 Å². The number of carbonyl (C=O) groups excluding carboxylic acids is 1. The van der Waals surface area contributed by atoms with E-state index in [1.807, 2.05) is 0 Å². The van der Waals surface area contributed by atoms with Crippen molar-refractivity contribution in [3.05, 3.63) is 47.3 Å². The summed E-state index contributed by atoms with van der Waals surface area (Å²) in [6, 6.07) is 5.30. The molecule has 0 fully saturated rings. The number of fused-ring (bicyclic) bond motifs is 5. The van der Waals surface area contributed by atoms with Crippen molar-refractivity contribution in [3.63, 3.8) is 0 Å². The van der Waals surface area contributed by atoms with Gasteiger partial charge in [0.15, 0.2) is 5.82 Å². The molecule has 0 bridgehead atoms. The maximum atomic E-state index is 11.2. The molecule has 1 aromatic carbocycles. The Morgan fingerprint density at radius 1 is 1.33 bits per heavy atom. The summed E-state index contributed by atoms with van der Waals surface area (Å²) in [5.74, 6) is -0.691. The van der Waals surface area contributed by atoms with E-state index in [-0.39, 0.29) is 12.2 Å². The van der Waals surface area contributed by atoms with Crippen LogP contribution >= 0.6 is 11.6 Å². The summed E-state index contributed by atoms with van der Waals surface area (Å²) in [6.07, 6.45) is 2.88. The van der Waals surface area contributed by atoms with Crippen LogP contribution in [0.4, 0.5) is 0 Å². The summed E-state index contributed by atoms with van der Waals surface area (Å²) < 4.78 is 3.31. The summed E-state index contributed by atoms with van der Waals surface area (Å²) in [4.78, 5) is 19.4. The molecule has 3 aromatic rings. The first-order valence-corrected chi connectivity index (χ1v) is 6.48. The van der Waals surface area contributed by atoms with Crippen molar-refractivity contribution in [2.24, 2.45) is 0 Å². The predicted molar refractivity (Wildman–Crippen MR) is 71.0 cm³/mol. The molecule has 0 saturated heterocycles. The quantitative estimate of drug-likeness (QED) is 0.511. The Balaban J connectivity index is 2.09. The van der Waals surface area contributed by atoms with Crippen LogP contribution in [-0.2, 0) is 6.54 Å². The van der Waals surface area contributed by atoms with Gasteiger partial charge in [-0.2, -0.15) is 5.10 Å². The molecule has 0 amide bonds. The molecule has 21 heavy (non-hydrogen) atoms. The van der Waals surface area contributed by atoms with Crippen LogP contribution < -0.4 is 5.11 Å². The Kier molecular flexibility index (Phi) is 2.40. The Morgan fingerprint density at radius 2 is 2.19 bits per heavy atom. The fourth-order valence-corrected chi connectivity index (χ4v) is 2.70. The van der Waals surface area contributed by atoms with Crippen molar-refractivity contribution in [2.45, 2.75) is 6.54 Å². The second-order valence-corrected chi connectivity index (χ2v) is 5.04. The molecule has 8 heteroatoms. The molecule has 0 radical (unpaired) electrons. The van der Waals surface area contributed by atoms with Gasteiger partial charge < -0.3 is 9.90 Å². The molecular weight excluding hydrogens is 294 g/mol. The SMILES string of the molecule is O=C([O-])c1ncn2c1Cn1ncnc1-c1cc(Cl)ccc1-2. The van der Waals surface area contributed by atoms with Gasteiger partial charge in [-0.05, 0) is 18.2 Å². The molecule has 0 aliphatic carbocycles. The lowest BCUT2D eigenvalue weighted by molar-refractivity contribution is -0.255. The number of benzene rings is 1. The molecule has 1 aliphatic rings. The Morgan fingerprint density at radius 3 is 3.00 bits per heavy atom. The topological polar surface area (TPSA) is 88.7 Å². The maximum absolute atomic E-state index is 11.2. The van der Waals surface area contributed by atoms with Gasteiger partial charge in [-0.3, -0.25) is 4.57 Å². The van der Waals surface area contributed by atoms with Crippen LogP contribution in [0.15, 0.2) is 30.9 Å². The van der Waals surface area contributed by atoms with Crippen molar-refractivity contribution in [1.82, 2.24) is 24.3 Å². The number of aromatic carboxylic acids is 1. The number of rotatable bonds is 1. The van der Waals surface area contributed by atoms with Crippen molar-refractivity contribution in [1.29, 1.82) is 0 Å². The van der Waals surface area contributed by atoms with Gasteiger partial charge in [-0.1, -0.05) is 11.6 Å². The summed E-state index contributed by atoms with van der Waals surface area (Å²) in [5, 5.41) is 15.9. The summed E-state index contributed by atoms with van der Waals surface area (Å²) in [6.45, 7) is 0.241. The molecule has 0 atom stereocenters. The van der Waals surface area contributed by atoms with E-state index in [2.05, 4.69) is 15.1 Å². The highest BCUT2D eigenvalue weighted by Crippen LogP contribution is 2.32. The number of carboxylic acid groups (broad SMARTS) is 1. The lowest BCUT2D eigenvalue weighted by Gasteiger charge is -2.09. The number of carbonyl (C=O) groups is 1. The number of carboxylic acids is 1. The Labute approximate surface area is 123 Å². The number of hydrogen-bond donors (Lipinski definition) is 0. The molecule has 3 heterocycles. The first-order valence-electron chi connectivity index (χ1n) is 6.11. The average Bonchev–Trinajstić information content (AvgIpc) is 3.04. The monoisotopic (exact) mass is 300 g/mol.